The number of nitrogens with zero attached hydrogens (tertiary/aromatic N) is 4. The van der Waals surface area contributed by atoms with Crippen molar-refractivity contribution < 1.29 is 4.39 Å². The molecule has 0 radical (unpaired) electrons. The zero-order valence-electron chi connectivity index (χ0n) is 16.0. The molecule has 152 valence electrons. The van der Waals surface area contributed by atoms with Gasteiger partial charge in [0.15, 0.2) is 11.6 Å². The topological polar surface area (TPSA) is 122 Å². The highest BCUT2D eigenvalue weighted by atomic mass is 19.1. The molecule has 0 amide bonds. The van der Waals surface area contributed by atoms with Gasteiger partial charge in [0.05, 0.1) is 29.0 Å². The van der Waals surface area contributed by atoms with Gasteiger partial charge >= 0.3 is 0 Å². The highest BCUT2D eigenvalue weighted by Gasteiger charge is 2.20. The quantitative estimate of drug-likeness (QED) is 0.376. The van der Waals surface area contributed by atoms with Gasteiger partial charge in [-0.05, 0) is 37.3 Å². The number of aromatic nitrogens is 2. The van der Waals surface area contributed by atoms with E-state index in [1.165, 1.54) is 29.1 Å². The molecular weight excluding hydrogens is 387 g/mol. The summed E-state index contributed by atoms with van der Waals surface area (Å²) >= 11 is 0. The fourth-order valence-corrected chi connectivity index (χ4v) is 3.15. The lowest BCUT2D eigenvalue weighted by molar-refractivity contribution is 0.568. The van der Waals surface area contributed by atoms with Crippen molar-refractivity contribution >= 4 is 23.6 Å². The van der Waals surface area contributed by atoms with Gasteiger partial charge in [-0.3, -0.25) is 20.2 Å². The number of hydrazine groups is 1. The standard InChI is InChI=1S/C20H19FN8O/c1-12(26-17-18(23-10-22)28-25-11-24-17)19-27-16-8-7-13(21)9-15(16)20(30)29(19)14-5-3-2-4-6-14/h2-12,26,28H,1H3,(H2,22,23)(H,24,25)/t12-/m0/s1. The van der Waals surface area contributed by atoms with Crippen LogP contribution in [0.1, 0.15) is 18.8 Å². The second-order valence-electron chi connectivity index (χ2n) is 6.48. The molecule has 0 unspecified atom stereocenters. The molecule has 4 rings (SSSR count). The maximum atomic E-state index is 13.8. The number of fused-ring (bicyclic) bond motifs is 1. The molecule has 0 bridgehead atoms. The van der Waals surface area contributed by atoms with Crippen LogP contribution >= 0.6 is 0 Å². The van der Waals surface area contributed by atoms with Crippen LogP contribution in [0.25, 0.3) is 16.6 Å². The number of aliphatic imine (C=N–C) groups is 2. The molecule has 2 heterocycles. The van der Waals surface area contributed by atoms with Gasteiger partial charge in [-0.1, -0.05) is 18.2 Å². The van der Waals surface area contributed by atoms with Crippen LogP contribution in [0.15, 0.2) is 75.0 Å². The van der Waals surface area contributed by atoms with Crippen molar-refractivity contribution in [2.24, 2.45) is 15.7 Å². The average Bonchev–Trinajstić information content (AvgIpc) is 2.76. The second kappa shape index (κ2) is 8.03. The van der Waals surface area contributed by atoms with Crippen molar-refractivity contribution in [1.29, 1.82) is 0 Å². The molecule has 0 saturated carbocycles. The van der Waals surface area contributed by atoms with Crippen LogP contribution < -0.4 is 27.5 Å². The number of halogens is 1. The summed E-state index contributed by atoms with van der Waals surface area (Å²) in [5.41, 5.74) is 11.6. The SMILES string of the molecule is C[C@H](NC1=C(/N=C\N)NNC=N1)c1nc2ccc(F)cc2c(=O)n1-c1ccccc1. The molecule has 0 saturated heterocycles. The van der Waals surface area contributed by atoms with E-state index in [-0.39, 0.29) is 10.9 Å². The molecule has 9 nitrogen and oxygen atoms in total. The summed E-state index contributed by atoms with van der Waals surface area (Å²) in [6.45, 7) is 1.84. The normalized spacial score (nSPS) is 14.6. The third-order valence-corrected chi connectivity index (χ3v) is 4.49. The van der Waals surface area contributed by atoms with Gasteiger partial charge in [0.1, 0.15) is 18.0 Å². The van der Waals surface area contributed by atoms with Crippen LogP contribution in [-0.2, 0) is 0 Å². The predicted molar refractivity (Wildman–Crippen MR) is 113 cm³/mol. The predicted octanol–water partition coefficient (Wildman–Crippen LogP) is 1.43. The first-order valence-corrected chi connectivity index (χ1v) is 9.15. The number of nitrogens with two attached hydrogens (primary N) is 1. The molecule has 10 heteroatoms. The molecule has 30 heavy (non-hydrogen) atoms. The Morgan fingerprint density at radius 3 is 2.83 bits per heavy atom. The van der Waals surface area contributed by atoms with Crippen LogP contribution in [-0.4, -0.2) is 22.2 Å². The van der Waals surface area contributed by atoms with Gasteiger partial charge in [0.25, 0.3) is 5.56 Å². The Hall–Kier alpha value is -4.21. The summed E-state index contributed by atoms with van der Waals surface area (Å²) in [5.74, 6) is 0.728. The number of hydrogen-bond donors (Lipinski definition) is 4. The van der Waals surface area contributed by atoms with Crippen molar-refractivity contribution in [2.75, 3.05) is 0 Å². The maximum Gasteiger partial charge on any atom is 0.266 e. The molecular formula is C20H19FN8O. The summed E-state index contributed by atoms with van der Waals surface area (Å²) in [5, 5.41) is 3.40. The van der Waals surface area contributed by atoms with Gasteiger partial charge in [-0.25, -0.2) is 19.4 Å². The summed E-state index contributed by atoms with van der Waals surface area (Å²) in [7, 11) is 0. The molecule has 1 aromatic heterocycles. The molecule has 0 aliphatic carbocycles. The van der Waals surface area contributed by atoms with Crippen LogP contribution in [0.5, 0.6) is 0 Å². The molecule has 0 spiro atoms. The van der Waals surface area contributed by atoms with E-state index in [1.807, 2.05) is 25.1 Å². The van der Waals surface area contributed by atoms with Crippen molar-refractivity contribution in [2.45, 2.75) is 13.0 Å². The number of nitrogens with one attached hydrogen (secondary N) is 3. The van der Waals surface area contributed by atoms with E-state index >= 15 is 0 Å². The largest absolute Gasteiger partial charge is 0.390 e. The van der Waals surface area contributed by atoms with Gasteiger partial charge in [0.2, 0.25) is 0 Å². The van der Waals surface area contributed by atoms with Crippen molar-refractivity contribution in [3.8, 4) is 5.69 Å². The average molecular weight is 406 g/mol. The van der Waals surface area contributed by atoms with Gasteiger partial charge in [-0.15, -0.1) is 0 Å². The zero-order chi connectivity index (χ0) is 21.1. The van der Waals surface area contributed by atoms with Crippen LogP contribution in [0.4, 0.5) is 4.39 Å². The number of hydrogen-bond acceptors (Lipinski definition) is 7. The lowest BCUT2D eigenvalue weighted by atomic mass is 10.2. The van der Waals surface area contributed by atoms with Gasteiger partial charge in [-0.2, -0.15) is 0 Å². The number of benzene rings is 2. The van der Waals surface area contributed by atoms with E-state index in [0.717, 1.165) is 6.34 Å². The Labute approximate surface area is 170 Å². The zero-order valence-corrected chi connectivity index (χ0v) is 16.0. The first-order valence-electron chi connectivity index (χ1n) is 9.15. The summed E-state index contributed by atoms with van der Waals surface area (Å²) in [4.78, 5) is 26.2. The molecule has 1 atom stereocenters. The summed E-state index contributed by atoms with van der Waals surface area (Å²) in [6, 6.07) is 12.6. The lowest BCUT2D eigenvalue weighted by Crippen LogP contribution is -2.37. The monoisotopic (exact) mass is 406 g/mol. The van der Waals surface area contributed by atoms with E-state index in [9.17, 15) is 9.18 Å². The highest BCUT2D eigenvalue weighted by molar-refractivity contribution is 5.78. The summed E-state index contributed by atoms with van der Waals surface area (Å²) < 4.78 is 15.3. The third-order valence-electron chi connectivity index (χ3n) is 4.49. The molecule has 1 aliphatic heterocycles. The smallest absolute Gasteiger partial charge is 0.266 e. The van der Waals surface area contributed by atoms with Crippen molar-refractivity contribution in [3.63, 3.8) is 0 Å². The van der Waals surface area contributed by atoms with E-state index in [1.54, 1.807) is 12.1 Å². The molecule has 2 aromatic carbocycles. The maximum absolute atomic E-state index is 13.8. The molecule has 1 aliphatic rings. The van der Waals surface area contributed by atoms with E-state index in [2.05, 4.69) is 31.1 Å². The summed E-state index contributed by atoms with van der Waals surface area (Å²) in [6.07, 6.45) is 2.59. The highest BCUT2D eigenvalue weighted by Crippen LogP contribution is 2.20. The second-order valence-corrected chi connectivity index (χ2v) is 6.48. The molecule has 0 fully saturated rings. The van der Waals surface area contributed by atoms with Crippen molar-refractivity contribution in [3.05, 3.63) is 82.2 Å². The van der Waals surface area contributed by atoms with Gasteiger partial charge < -0.3 is 11.1 Å². The third kappa shape index (κ3) is 3.58. The van der Waals surface area contributed by atoms with Crippen LogP contribution in [0.2, 0.25) is 0 Å². The lowest BCUT2D eigenvalue weighted by Gasteiger charge is -2.22. The number of rotatable bonds is 5. The Morgan fingerprint density at radius 1 is 1.27 bits per heavy atom. The van der Waals surface area contributed by atoms with E-state index in [0.29, 0.717) is 28.7 Å². The molecule has 3 aromatic rings. The van der Waals surface area contributed by atoms with Crippen LogP contribution in [0.3, 0.4) is 0 Å². The Kier molecular flexibility index (Phi) is 5.12. The molecule has 5 N–H and O–H groups in total. The first-order chi connectivity index (χ1) is 14.6. The van der Waals surface area contributed by atoms with E-state index in [4.69, 9.17) is 5.73 Å². The number of para-hydroxylation sites is 1. The van der Waals surface area contributed by atoms with Crippen molar-refractivity contribution in [1.82, 2.24) is 25.7 Å². The fourth-order valence-electron chi connectivity index (χ4n) is 3.15. The Bertz CT molecular complexity index is 1230. The minimum absolute atomic E-state index is 0.198. The van der Waals surface area contributed by atoms with E-state index < -0.39 is 11.9 Å². The minimum Gasteiger partial charge on any atom is -0.390 e. The van der Waals surface area contributed by atoms with Crippen LogP contribution in [0, 0.1) is 5.82 Å². The fraction of sp³-hybridized carbons (Fsp3) is 0.100. The Balaban J connectivity index is 1.88. The van der Waals surface area contributed by atoms with Gasteiger partial charge in [0, 0.05) is 0 Å². The minimum atomic E-state index is -0.496. The first kappa shape index (κ1) is 19.1. The Morgan fingerprint density at radius 2 is 2.07 bits per heavy atom.